The van der Waals surface area contributed by atoms with Crippen molar-refractivity contribution in [1.29, 1.82) is 0 Å². The molecular formula is C21H30BrN5O. The Bertz CT molecular complexity index is 794. The number of hydrogen-bond donors (Lipinski definition) is 2. The van der Waals surface area contributed by atoms with Gasteiger partial charge in [0.25, 0.3) is 0 Å². The Labute approximate surface area is 175 Å². The molecule has 152 valence electrons. The third-order valence-electron chi connectivity index (χ3n) is 4.96. The SMILES string of the molecule is CN=C(NCc1ncc(C(C)(C)C)o1)NCC1CCN(c2ccc(Br)cc2)C1. The van der Waals surface area contributed by atoms with Crippen LogP contribution in [0.2, 0.25) is 0 Å². The second-order valence-corrected chi connectivity index (χ2v) is 9.17. The molecule has 1 aromatic heterocycles. The highest BCUT2D eigenvalue weighted by Crippen LogP contribution is 2.25. The van der Waals surface area contributed by atoms with Gasteiger partial charge in [-0.05, 0) is 36.6 Å². The van der Waals surface area contributed by atoms with Gasteiger partial charge >= 0.3 is 0 Å². The molecule has 7 heteroatoms. The average molecular weight is 448 g/mol. The summed E-state index contributed by atoms with van der Waals surface area (Å²) in [4.78, 5) is 11.1. The van der Waals surface area contributed by atoms with Gasteiger partial charge in [-0.2, -0.15) is 0 Å². The highest BCUT2D eigenvalue weighted by molar-refractivity contribution is 9.10. The molecule has 1 saturated heterocycles. The molecule has 0 aliphatic carbocycles. The lowest BCUT2D eigenvalue weighted by Crippen LogP contribution is -2.40. The number of rotatable bonds is 5. The van der Waals surface area contributed by atoms with Gasteiger partial charge in [0.15, 0.2) is 5.96 Å². The molecule has 0 saturated carbocycles. The van der Waals surface area contributed by atoms with E-state index >= 15 is 0 Å². The molecule has 1 fully saturated rings. The van der Waals surface area contributed by atoms with Crippen molar-refractivity contribution in [3.63, 3.8) is 0 Å². The van der Waals surface area contributed by atoms with Crippen LogP contribution >= 0.6 is 15.9 Å². The van der Waals surface area contributed by atoms with E-state index in [1.807, 2.05) is 6.20 Å². The Hall–Kier alpha value is -2.02. The van der Waals surface area contributed by atoms with Crippen LogP contribution in [0.15, 0.2) is 44.3 Å². The number of nitrogens with zero attached hydrogens (tertiary/aromatic N) is 3. The lowest BCUT2D eigenvalue weighted by molar-refractivity contribution is 0.379. The molecule has 1 unspecified atom stereocenters. The van der Waals surface area contributed by atoms with E-state index in [1.165, 1.54) is 12.1 Å². The monoisotopic (exact) mass is 447 g/mol. The lowest BCUT2D eigenvalue weighted by atomic mass is 9.94. The molecule has 1 aromatic carbocycles. The summed E-state index contributed by atoms with van der Waals surface area (Å²) in [7, 11) is 1.79. The van der Waals surface area contributed by atoms with Crippen LogP contribution in [-0.2, 0) is 12.0 Å². The predicted molar refractivity (Wildman–Crippen MR) is 118 cm³/mol. The van der Waals surface area contributed by atoms with Gasteiger partial charge in [-0.1, -0.05) is 36.7 Å². The maximum Gasteiger partial charge on any atom is 0.213 e. The minimum atomic E-state index is -0.0334. The number of anilines is 1. The van der Waals surface area contributed by atoms with Crippen LogP contribution in [0.4, 0.5) is 5.69 Å². The molecule has 2 N–H and O–H groups in total. The van der Waals surface area contributed by atoms with Gasteiger partial charge in [0.05, 0.1) is 12.7 Å². The molecule has 0 radical (unpaired) electrons. The second kappa shape index (κ2) is 8.99. The van der Waals surface area contributed by atoms with E-state index in [-0.39, 0.29) is 5.41 Å². The largest absolute Gasteiger partial charge is 0.443 e. The average Bonchev–Trinajstić information content (AvgIpc) is 3.32. The fourth-order valence-electron chi connectivity index (χ4n) is 3.25. The van der Waals surface area contributed by atoms with Crippen molar-refractivity contribution in [1.82, 2.24) is 15.6 Å². The van der Waals surface area contributed by atoms with Crippen molar-refractivity contribution in [2.24, 2.45) is 10.9 Å². The third kappa shape index (κ3) is 5.50. The molecule has 1 aliphatic heterocycles. The highest BCUT2D eigenvalue weighted by Gasteiger charge is 2.23. The fourth-order valence-corrected chi connectivity index (χ4v) is 3.51. The quantitative estimate of drug-likeness (QED) is 0.536. The van der Waals surface area contributed by atoms with Gasteiger partial charge in [-0.3, -0.25) is 4.99 Å². The Morgan fingerprint density at radius 1 is 1.29 bits per heavy atom. The van der Waals surface area contributed by atoms with Crippen LogP contribution in [0.25, 0.3) is 0 Å². The van der Waals surface area contributed by atoms with Gasteiger partial charge in [-0.25, -0.2) is 4.98 Å². The molecule has 0 spiro atoms. The Morgan fingerprint density at radius 2 is 2.04 bits per heavy atom. The van der Waals surface area contributed by atoms with E-state index in [0.29, 0.717) is 18.4 Å². The van der Waals surface area contributed by atoms with Crippen LogP contribution in [0.3, 0.4) is 0 Å². The first-order chi connectivity index (χ1) is 13.3. The smallest absolute Gasteiger partial charge is 0.213 e. The molecule has 1 aliphatic rings. The molecular weight excluding hydrogens is 418 g/mol. The van der Waals surface area contributed by atoms with Crippen molar-refractivity contribution in [3.05, 3.63) is 46.6 Å². The number of aromatic nitrogens is 1. The van der Waals surface area contributed by atoms with Crippen molar-refractivity contribution in [2.75, 3.05) is 31.6 Å². The molecule has 3 rings (SSSR count). The Kier molecular flexibility index (Phi) is 6.65. The van der Waals surface area contributed by atoms with Gasteiger partial charge in [0.2, 0.25) is 5.89 Å². The van der Waals surface area contributed by atoms with Crippen molar-refractivity contribution in [3.8, 4) is 0 Å². The molecule has 6 nitrogen and oxygen atoms in total. The number of nitrogens with one attached hydrogen (secondary N) is 2. The number of benzene rings is 1. The summed E-state index contributed by atoms with van der Waals surface area (Å²) in [6.45, 7) is 9.91. The van der Waals surface area contributed by atoms with Crippen molar-refractivity contribution >= 4 is 27.6 Å². The summed E-state index contributed by atoms with van der Waals surface area (Å²) < 4.78 is 6.94. The van der Waals surface area contributed by atoms with E-state index in [9.17, 15) is 0 Å². The number of halogens is 1. The van der Waals surface area contributed by atoms with E-state index in [4.69, 9.17) is 4.42 Å². The Morgan fingerprint density at radius 3 is 2.68 bits per heavy atom. The zero-order valence-corrected chi connectivity index (χ0v) is 18.7. The van der Waals surface area contributed by atoms with Crippen molar-refractivity contribution in [2.45, 2.75) is 39.2 Å². The molecule has 2 aromatic rings. The standard InChI is InChI=1S/C21H30BrN5O/c1-21(2,3)18-12-24-19(28-18)13-26-20(23-4)25-11-15-9-10-27(14-15)17-7-5-16(22)6-8-17/h5-8,12,15H,9-11,13-14H2,1-4H3,(H2,23,25,26). The molecule has 28 heavy (non-hydrogen) atoms. The normalized spacial score (nSPS) is 17.8. The lowest BCUT2D eigenvalue weighted by Gasteiger charge is -2.19. The minimum Gasteiger partial charge on any atom is -0.443 e. The van der Waals surface area contributed by atoms with Crippen LogP contribution in [0.5, 0.6) is 0 Å². The first-order valence-electron chi connectivity index (χ1n) is 9.75. The summed E-state index contributed by atoms with van der Waals surface area (Å²) in [6.07, 6.45) is 2.98. The summed E-state index contributed by atoms with van der Waals surface area (Å²) in [5, 5.41) is 6.72. The molecule has 0 bridgehead atoms. The zero-order valence-electron chi connectivity index (χ0n) is 17.1. The van der Waals surface area contributed by atoms with E-state index in [0.717, 1.165) is 35.8 Å². The number of guanidine groups is 1. The fraction of sp³-hybridized carbons (Fsp3) is 0.524. The predicted octanol–water partition coefficient (Wildman–Crippen LogP) is 3.93. The topological polar surface area (TPSA) is 65.7 Å². The van der Waals surface area contributed by atoms with Crippen molar-refractivity contribution < 1.29 is 4.42 Å². The van der Waals surface area contributed by atoms with Gasteiger partial charge in [-0.15, -0.1) is 0 Å². The van der Waals surface area contributed by atoms with Crippen LogP contribution in [-0.4, -0.2) is 37.6 Å². The molecule has 1 atom stereocenters. The van der Waals surface area contributed by atoms with Crippen LogP contribution in [0.1, 0.15) is 38.8 Å². The van der Waals surface area contributed by atoms with Crippen LogP contribution in [0, 0.1) is 5.92 Å². The van der Waals surface area contributed by atoms with E-state index < -0.39 is 0 Å². The minimum absolute atomic E-state index is 0.0334. The second-order valence-electron chi connectivity index (χ2n) is 8.25. The van der Waals surface area contributed by atoms with Crippen LogP contribution < -0.4 is 15.5 Å². The molecule has 0 amide bonds. The third-order valence-corrected chi connectivity index (χ3v) is 5.49. The summed E-state index contributed by atoms with van der Waals surface area (Å²) in [5.74, 6) is 2.94. The van der Waals surface area contributed by atoms with Gasteiger partial charge in [0.1, 0.15) is 5.76 Å². The van der Waals surface area contributed by atoms with E-state index in [2.05, 4.69) is 86.5 Å². The highest BCUT2D eigenvalue weighted by atomic mass is 79.9. The number of hydrogen-bond acceptors (Lipinski definition) is 4. The van der Waals surface area contributed by atoms with E-state index in [1.54, 1.807) is 7.05 Å². The first kappa shape index (κ1) is 20.7. The summed E-state index contributed by atoms with van der Waals surface area (Å²) in [5.41, 5.74) is 1.25. The zero-order chi connectivity index (χ0) is 20.1. The maximum absolute atomic E-state index is 5.83. The Balaban J connectivity index is 1.44. The first-order valence-corrected chi connectivity index (χ1v) is 10.5. The summed E-state index contributed by atoms with van der Waals surface area (Å²) >= 11 is 3.50. The number of oxazole rings is 1. The van der Waals surface area contributed by atoms with Gasteiger partial charge in [0, 0.05) is 42.3 Å². The maximum atomic E-state index is 5.83. The molecule has 2 heterocycles. The summed E-state index contributed by atoms with van der Waals surface area (Å²) in [6, 6.07) is 8.53. The number of aliphatic imine (C=N–C) groups is 1. The van der Waals surface area contributed by atoms with Gasteiger partial charge < -0.3 is 20.0 Å².